The maximum atomic E-state index is 12.8. The lowest BCUT2D eigenvalue weighted by Crippen LogP contribution is -2.30. The van der Waals surface area contributed by atoms with E-state index in [0.717, 1.165) is 35.1 Å². The smallest absolute Gasteiger partial charge is 0.233 e. The molecule has 1 unspecified atom stereocenters. The number of nitrogens with zero attached hydrogens (tertiary/aromatic N) is 6. The molecule has 0 N–H and O–H groups in total. The van der Waals surface area contributed by atoms with E-state index >= 15 is 0 Å². The number of carbonyl (C=O) groups is 1. The molecule has 0 saturated carbocycles. The summed E-state index contributed by atoms with van der Waals surface area (Å²) in [7, 11) is 0. The van der Waals surface area contributed by atoms with E-state index in [0.29, 0.717) is 23.1 Å². The summed E-state index contributed by atoms with van der Waals surface area (Å²) in [5.41, 5.74) is 2.68. The van der Waals surface area contributed by atoms with Crippen LogP contribution in [-0.2, 0) is 4.79 Å². The fraction of sp³-hybridized carbons (Fsp3) is 0.227. The third kappa shape index (κ3) is 4.26. The molecule has 156 valence electrons. The van der Waals surface area contributed by atoms with Crippen molar-refractivity contribution >= 4 is 34.9 Å². The molecule has 1 atom stereocenters. The molecular weight excluding hydrogens is 432 g/mol. The SMILES string of the molecule is O=C(CSc1ccc2nnc(-c3cccnc3)n2n1)N1CCC(c2cccc(Cl)c2)C1. The van der Waals surface area contributed by atoms with Gasteiger partial charge in [0.05, 0.1) is 5.75 Å². The number of hydrogen-bond acceptors (Lipinski definition) is 6. The highest BCUT2D eigenvalue weighted by Crippen LogP contribution is 2.29. The Balaban J connectivity index is 1.25. The van der Waals surface area contributed by atoms with E-state index in [-0.39, 0.29) is 5.91 Å². The van der Waals surface area contributed by atoms with Gasteiger partial charge in [0, 0.05) is 42.0 Å². The zero-order valence-electron chi connectivity index (χ0n) is 16.6. The van der Waals surface area contributed by atoms with Crippen molar-refractivity contribution in [1.82, 2.24) is 29.7 Å². The first kappa shape index (κ1) is 20.0. The molecule has 9 heteroatoms. The summed E-state index contributed by atoms with van der Waals surface area (Å²) in [6, 6.07) is 15.4. The summed E-state index contributed by atoms with van der Waals surface area (Å²) in [4.78, 5) is 18.8. The standard InChI is InChI=1S/C22H19ClN6OS/c23-18-5-1-3-15(11-18)17-8-10-28(13-17)21(30)14-31-20-7-6-19-25-26-22(29(19)27-20)16-4-2-9-24-12-16/h1-7,9,11-12,17H,8,10,13-14H2. The number of likely N-dealkylation sites (tertiary alicyclic amines) is 1. The predicted molar refractivity (Wildman–Crippen MR) is 120 cm³/mol. The summed E-state index contributed by atoms with van der Waals surface area (Å²) in [5, 5.41) is 14.5. The van der Waals surface area contributed by atoms with Gasteiger partial charge < -0.3 is 4.90 Å². The number of carbonyl (C=O) groups excluding carboxylic acids is 1. The number of aromatic nitrogens is 5. The van der Waals surface area contributed by atoms with Gasteiger partial charge >= 0.3 is 0 Å². The van der Waals surface area contributed by atoms with Gasteiger partial charge in [-0.25, -0.2) is 0 Å². The van der Waals surface area contributed by atoms with Crippen LogP contribution >= 0.6 is 23.4 Å². The Kier molecular flexibility index (Phi) is 5.57. The number of fused-ring (bicyclic) bond motifs is 1. The molecule has 4 heterocycles. The van der Waals surface area contributed by atoms with Crippen molar-refractivity contribution in [1.29, 1.82) is 0 Å². The van der Waals surface area contributed by atoms with Gasteiger partial charge in [-0.2, -0.15) is 9.61 Å². The third-order valence-corrected chi connectivity index (χ3v) is 6.50. The molecule has 1 saturated heterocycles. The lowest BCUT2D eigenvalue weighted by molar-refractivity contribution is -0.127. The molecule has 7 nitrogen and oxygen atoms in total. The summed E-state index contributed by atoms with van der Waals surface area (Å²) in [6.45, 7) is 1.49. The molecule has 0 bridgehead atoms. The number of amides is 1. The Morgan fingerprint density at radius 3 is 2.94 bits per heavy atom. The van der Waals surface area contributed by atoms with Crippen LogP contribution in [0.4, 0.5) is 0 Å². The highest BCUT2D eigenvalue weighted by atomic mass is 35.5. The fourth-order valence-electron chi connectivity index (χ4n) is 3.77. The molecule has 1 aliphatic heterocycles. The first-order valence-corrected chi connectivity index (χ1v) is 11.3. The quantitative estimate of drug-likeness (QED) is 0.428. The van der Waals surface area contributed by atoms with Crippen LogP contribution in [-0.4, -0.2) is 54.4 Å². The molecular formula is C22H19ClN6OS. The van der Waals surface area contributed by atoms with Crippen molar-refractivity contribution in [2.24, 2.45) is 0 Å². The zero-order valence-corrected chi connectivity index (χ0v) is 18.1. The highest BCUT2D eigenvalue weighted by molar-refractivity contribution is 7.99. The molecule has 3 aromatic heterocycles. The van der Waals surface area contributed by atoms with Crippen LogP contribution in [0.3, 0.4) is 0 Å². The second-order valence-corrected chi connectivity index (χ2v) is 8.81. The van der Waals surface area contributed by atoms with Crippen molar-refractivity contribution in [2.75, 3.05) is 18.8 Å². The third-order valence-electron chi connectivity index (χ3n) is 5.36. The molecule has 4 aromatic rings. The van der Waals surface area contributed by atoms with Crippen molar-refractivity contribution in [3.05, 3.63) is 71.5 Å². The minimum atomic E-state index is 0.118. The van der Waals surface area contributed by atoms with Crippen LogP contribution in [0.1, 0.15) is 17.9 Å². The molecule has 0 radical (unpaired) electrons. The zero-order chi connectivity index (χ0) is 21.2. The van der Waals surface area contributed by atoms with E-state index in [1.54, 1.807) is 16.9 Å². The Labute approximate surface area is 188 Å². The van der Waals surface area contributed by atoms with Gasteiger partial charge in [-0.3, -0.25) is 9.78 Å². The van der Waals surface area contributed by atoms with Crippen LogP contribution in [0.5, 0.6) is 0 Å². The molecule has 1 aliphatic rings. The van der Waals surface area contributed by atoms with Crippen molar-refractivity contribution in [3.8, 4) is 11.4 Å². The minimum absolute atomic E-state index is 0.118. The van der Waals surface area contributed by atoms with Gasteiger partial charge in [0.2, 0.25) is 5.91 Å². The number of hydrogen-bond donors (Lipinski definition) is 0. The maximum absolute atomic E-state index is 12.8. The predicted octanol–water partition coefficient (Wildman–Crippen LogP) is 3.95. The molecule has 0 aliphatic carbocycles. The fourth-order valence-corrected chi connectivity index (χ4v) is 4.73. The van der Waals surface area contributed by atoms with Gasteiger partial charge in [-0.1, -0.05) is 35.5 Å². The largest absolute Gasteiger partial charge is 0.341 e. The van der Waals surface area contributed by atoms with E-state index in [4.69, 9.17) is 11.6 Å². The topological polar surface area (TPSA) is 76.3 Å². The minimum Gasteiger partial charge on any atom is -0.341 e. The Morgan fingerprint density at radius 2 is 2.10 bits per heavy atom. The van der Waals surface area contributed by atoms with Gasteiger partial charge in [0.25, 0.3) is 0 Å². The number of benzene rings is 1. The second kappa shape index (κ2) is 8.64. The molecule has 1 amide bonds. The van der Waals surface area contributed by atoms with Crippen molar-refractivity contribution < 1.29 is 4.79 Å². The maximum Gasteiger partial charge on any atom is 0.233 e. The van der Waals surface area contributed by atoms with E-state index in [9.17, 15) is 4.79 Å². The molecule has 0 spiro atoms. The molecule has 1 aromatic carbocycles. The Bertz CT molecular complexity index is 1230. The highest BCUT2D eigenvalue weighted by Gasteiger charge is 2.27. The first-order valence-electron chi connectivity index (χ1n) is 9.96. The van der Waals surface area contributed by atoms with Gasteiger partial charge in [-0.05, 0) is 48.4 Å². The average Bonchev–Trinajstić information content (AvgIpc) is 3.45. The normalized spacial score (nSPS) is 16.2. The lowest BCUT2D eigenvalue weighted by atomic mass is 9.99. The second-order valence-electron chi connectivity index (χ2n) is 7.38. The first-order chi connectivity index (χ1) is 15.2. The lowest BCUT2D eigenvalue weighted by Gasteiger charge is -2.16. The van der Waals surface area contributed by atoms with E-state index in [1.165, 1.54) is 17.3 Å². The van der Waals surface area contributed by atoms with Crippen LogP contribution < -0.4 is 0 Å². The molecule has 31 heavy (non-hydrogen) atoms. The van der Waals surface area contributed by atoms with E-state index < -0.39 is 0 Å². The Morgan fingerprint density at radius 1 is 1.16 bits per heavy atom. The summed E-state index contributed by atoms with van der Waals surface area (Å²) >= 11 is 7.54. The number of halogens is 1. The van der Waals surface area contributed by atoms with Gasteiger partial charge in [0.1, 0.15) is 5.03 Å². The average molecular weight is 451 g/mol. The Hall–Kier alpha value is -2.97. The van der Waals surface area contributed by atoms with Crippen LogP contribution in [0.25, 0.3) is 17.0 Å². The summed E-state index contributed by atoms with van der Waals surface area (Å²) in [6.07, 6.45) is 4.39. The van der Waals surface area contributed by atoms with Crippen molar-refractivity contribution in [3.63, 3.8) is 0 Å². The number of pyridine rings is 1. The van der Waals surface area contributed by atoms with Gasteiger partial charge in [-0.15, -0.1) is 10.2 Å². The van der Waals surface area contributed by atoms with Gasteiger partial charge in [0.15, 0.2) is 11.5 Å². The van der Waals surface area contributed by atoms with Crippen LogP contribution in [0.15, 0.2) is 66.0 Å². The van der Waals surface area contributed by atoms with E-state index in [1.807, 2.05) is 47.4 Å². The number of rotatable bonds is 5. The monoisotopic (exact) mass is 450 g/mol. The molecule has 1 fully saturated rings. The van der Waals surface area contributed by atoms with E-state index in [2.05, 4.69) is 26.3 Å². The van der Waals surface area contributed by atoms with Crippen LogP contribution in [0, 0.1) is 0 Å². The summed E-state index contributed by atoms with van der Waals surface area (Å²) in [5.74, 6) is 1.42. The van der Waals surface area contributed by atoms with Crippen LogP contribution in [0.2, 0.25) is 5.02 Å². The molecule has 5 rings (SSSR count). The number of thioether (sulfide) groups is 1. The summed E-state index contributed by atoms with van der Waals surface area (Å²) < 4.78 is 1.69. The van der Waals surface area contributed by atoms with Crippen molar-refractivity contribution in [2.45, 2.75) is 17.4 Å².